The zero-order valence-electron chi connectivity index (χ0n) is 13.4. The normalized spacial score (nSPS) is 10.6. The van der Waals surface area contributed by atoms with Gasteiger partial charge in [-0.15, -0.1) is 0 Å². The third kappa shape index (κ3) is 3.48. The molecule has 1 aromatic carbocycles. The largest absolute Gasteiger partial charge is 1.00 e. The molecule has 124 valence electrons. The number of phenols is 2. The zero-order chi connectivity index (χ0) is 16.4. The van der Waals surface area contributed by atoms with Gasteiger partial charge in [0.25, 0.3) is 0 Å². The zero-order valence-corrected chi connectivity index (χ0v) is 14.1. The monoisotopic (exact) mass is 338 g/mol. The van der Waals surface area contributed by atoms with Crippen LogP contribution in [0.25, 0.3) is 12.2 Å². The van der Waals surface area contributed by atoms with Crippen LogP contribution in [0.15, 0.2) is 23.0 Å². The first-order valence-electron chi connectivity index (χ1n) is 6.70. The Labute approximate surface area is 140 Å². The predicted molar refractivity (Wildman–Crippen MR) is 82.8 cm³/mol. The number of hydrogen-bond acceptors (Lipinski definition) is 4. The fraction of sp³-hybridized carbons (Fsp3) is 0.250. The lowest BCUT2D eigenvalue weighted by atomic mass is 10.1. The maximum absolute atomic E-state index is 12.0. The van der Waals surface area contributed by atoms with Gasteiger partial charge in [0, 0.05) is 11.6 Å². The van der Waals surface area contributed by atoms with E-state index >= 15 is 0 Å². The van der Waals surface area contributed by atoms with Crippen LogP contribution in [0.1, 0.15) is 17.0 Å². The van der Waals surface area contributed by atoms with Crippen molar-refractivity contribution in [2.75, 3.05) is 7.11 Å². The third-order valence-corrected chi connectivity index (χ3v) is 3.63. The molecule has 2 rings (SSSR count). The molecule has 0 aliphatic carbocycles. The molecule has 6 nitrogen and oxygen atoms in total. The summed E-state index contributed by atoms with van der Waals surface area (Å²) in [6.07, 6.45) is 3.38. The molecule has 0 bridgehead atoms. The second kappa shape index (κ2) is 7.19. The molecule has 7 heteroatoms. The summed E-state index contributed by atoms with van der Waals surface area (Å²) in [5, 5.41) is 19.7. The van der Waals surface area contributed by atoms with E-state index in [2.05, 4.69) is 0 Å². The van der Waals surface area contributed by atoms with Gasteiger partial charge in [0.15, 0.2) is 11.5 Å². The second-order valence-corrected chi connectivity index (χ2v) is 5.00. The van der Waals surface area contributed by atoms with Crippen LogP contribution in [0.3, 0.4) is 0 Å². The summed E-state index contributed by atoms with van der Waals surface area (Å²) in [4.78, 5) is 12.0. The molecule has 2 aromatic rings. The highest BCUT2D eigenvalue weighted by atomic mass is 35.5. The Morgan fingerprint density at radius 1 is 1.26 bits per heavy atom. The molecule has 2 N–H and O–H groups in total. The first kappa shape index (κ1) is 18.6. The van der Waals surface area contributed by atoms with E-state index in [0.717, 1.165) is 5.69 Å². The van der Waals surface area contributed by atoms with E-state index in [1.54, 1.807) is 36.9 Å². The van der Waals surface area contributed by atoms with Crippen molar-refractivity contribution < 1.29 is 31.9 Å². The van der Waals surface area contributed by atoms with Crippen LogP contribution in [-0.2, 0) is 14.1 Å². The highest BCUT2D eigenvalue weighted by molar-refractivity contribution is 5.74. The second-order valence-electron chi connectivity index (χ2n) is 5.00. The highest BCUT2D eigenvalue weighted by Crippen LogP contribution is 2.38. The predicted octanol–water partition coefficient (Wildman–Crippen LogP) is -1.89. The molecule has 0 fully saturated rings. The number of aromatic hydroxyl groups is 2. The van der Waals surface area contributed by atoms with E-state index in [0.29, 0.717) is 11.3 Å². The number of ether oxygens (including phenoxy) is 1. The lowest BCUT2D eigenvalue weighted by Crippen LogP contribution is -3.00. The molecular formula is C16H19ClN2O4. The van der Waals surface area contributed by atoms with Gasteiger partial charge in [-0.05, 0) is 31.2 Å². The van der Waals surface area contributed by atoms with Crippen molar-refractivity contribution in [3.05, 3.63) is 45.6 Å². The number of aryl methyl sites for hydroxylation is 1. The van der Waals surface area contributed by atoms with Gasteiger partial charge in [0.1, 0.15) is 11.4 Å². The smallest absolute Gasteiger partial charge is 0.498 e. The average molecular weight is 339 g/mol. The maximum atomic E-state index is 12.0. The Morgan fingerprint density at radius 2 is 1.91 bits per heavy atom. The fourth-order valence-corrected chi connectivity index (χ4v) is 2.14. The maximum Gasteiger partial charge on any atom is 0.498 e. The number of hydrogen-bond donors (Lipinski definition) is 2. The number of phenolic OH excluding ortho intramolecular Hbond substituents is 2. The molecule has 0 saturated heterocycles. The van der Waals surface area contributed by atoms with Gasteiger partial charge in [0.2, 0.25) is 5.75 Å². The summed E-state index contributed by atoms with van der Waals surface area (Å²) in [6.45, 7) is 1.85. The summed E-state index contributed by atoms with van der Waals surface area (Å²) in [5.74, 6) is -0.263. The molecule has 0 atom stereocenters. The number of methoxy groups -OCH3 is 1. The van der Waals surface area contributed by atoms with Crippen molar-refractivity contribution >= 4 is 12.2 Å². The lowest BCUT2D eigenvalue weighted by Gasteiger charge is -2.08. The van der Waals surface area contributed by atoms with Gasteiger partial charge in [-0.3, -0.25) is 0 Å². The molecule has 23 heavy (non-hydrogen) atoms. The number of nitrogens with zero attached hydrogens (tertiary/aromatic N) is 2. The average Bonchev–Trinajstić information content (AvgIpc) is 2.49. The third-order valence-electron chi connectivity index (χ3n) is 3.63. The quantitative estimate of drug-likeness (QED) is 0.642. The van der Waals surface area contributed by atoms with Crippen LogP contribution in [0.5, 0.6) is 17.2 Å². The first-order valence-corrected chi connectivity index (χ1v) is 6.70. The minimum atomic E-state index is -0.151. The van der Waals surface area contributed by atoms with Crippen molar-refractivity contribution in [3.8, 4) is 17.2 Å². The Balaban J connectivity index is 0.00000264. The first-order chi connectivity index (χ1) is 10.4. The van der Waals surface area contributed by atoms with E-state index in [-0.39, 0.29) is 35.3 Å². The number of benzene rings is 1. The number of halogens is 1. The van der Waals surface area contributed by atoms with Crippen LogP contribution < -0.4 is 27.4 Å². The molecule has 0 amide bonds. The van der Waals surface area contributed by atoms with Crippen molar-refractivity contribution in [3.63, 3.8) is 0 Å². The Bertz CT molecular complexity index is 813. The van der Waals surface area contributed by atoms with Crippen LogP contribution in [0, 0.1) is 6.92 Å². The molecule has 0 aliphatic heterocycles. The van der Waals surface area contributed by atoms with E-state index in [1.807, 2.05) is 13.0 Å². The molecule has 0 unspecified atom stereocenters. The van der Waals surface area contributed by atoms with Crippen LogP contribution in [0.2, 0.25) is 0 Å². The SMILES string of the molecule is COc1c(O)ccc(/C=C/c2cc(C)[n+](C)c(=O)n2C)c1O.[Cl-]. The fourth-order valence-electron chi connectivity index (χ4n) is 2.14. The summed E-state index contributed by atoms with van der Waals surface area (Å²) in [6, 6.07) is 4.87. The molecular weight excluding hydrogens is 320 g/mol. The molecule has 0 spiro atoms. The molecule has 1 heterocycles. The molecule has 1 aromatic heterocycles. The Morgan fingerprint density at radius 3 is 2.52 bits per heavy atom. The molecule has 0 saturated carbocycles. The van der Waals surface area contributed by atoms with Gasteiger partial charge in [-0.2, -0.15) is 13.9 Å². The Hall–Kier alpha value is -2.47. The van der Waals surface area contributed by atoms with Gasteiger partial charge in [-0.25, -0.2) is 0 Å². The van der Waals surface area contributed by atoms with Gasteiger partial charge < -0.3 is 27.4 Å². The number of aromatic nitrogens is 2. The van der Waals surface area contributed by atoms with E-state index in [1.165, 1.54) is 17.7 Å². The number of rotatable bonds is 3. The standard InChI is InChI=1S/C16H18N2O4.ClH/c1-10-9-12(18(3)16(21)17(10)2)7-5-11-6-8-13(19)15(22-4)14(11)20;/h5-9H,1-4H3,(H,19,20);1H. The van der Waals surface area contributed by atoms with E-state index in [4.69, 9.17) is 4.74 Å². The van der Waals surface area contributed by atoms with Crippen molar-refractivity contribution in [1.82, 2.24) is 4.57 Å². The minimum Gasteiger partial charge on any atom is -1.00 e. The van der Waals surface area contributed by atoms with Gasteiger partial charge in [0.05, 0.1) is 21.2 Å². The summed E-state index contributed by atoms with van der Waals surface area (Å²) in [7, 11) is 4.76. The lowest BCUT2D eigenvalue weighted by molar-refractivity contribution is -0.696. The summed E-state index contributed by atoms with van der Waals surface area (Å²) < 4.78 is 8.02. The summed E-state index contributed by atoms with van der Waals surface area (Å²) in [5.41, 5.74) is 1.88. The molecule has 0 aliphatic rings. The van der Waals surface area contributed by atoms with Gasteiger partial charge in [-0.1, -0.05) is 0 Å². The van der Waals surface area contributed by atoms with Crippen LogP contribution >= 0.6 is 0 Å². The van der Waals surface area contributed by atoms with Crippen LogP contribution in [0.4, 0.5) is 0 Å². The molecule has 0 radical (unpaired) electrons. The van der Waals surface area contributed by atoms with E-state index in [9.17, 15) is 15.0 Å². The van der Waals surface area contributed by atoms with Crippen molar-refractivity contribution in [2.24, 2.45) is 14.1 Å². The highest BCUT2D eigenvalue weighted by Gasteiger charge is 2.13. The van der Waals surface area contributed by atoms with Crippen molar-refractivity contribution in [2.45, 2.75) is 6.92 Å². The van der Waals surface area contributed by atoms with Crippen molar-refractivity contribution in [1.29, 1.82) is 0 Å². The topological polar surface area (TPSA) is 75.6 Å². The van der Waals surface area contributed by atoms with Crippen LogP contribution in [-0.4, -0.2) is 21.9 Å². The Kier molecular flexibility index (Phi) is 5.81. The summed E-state index contributed by atoms with van der Waals surface area (Å²) >= 11 is 0. The van der Waals surface area contributed by atoms with E-state index < -0.39 is 0 Å². The minimum absolute atomic E-state index is 0. The van der Waals surface area contributed by atoms with Gasteiger partial charge >= 0.3 is 5.69 Å².